The Labute approximate surface area is 188 Å². The Hall–Kier alpha value is -3.32. The third-order valence-corrected chi connectivity index (χ3v) is 4.98. The van der Waals surface area contributed by atoms with Gasteiger partial charge in [0.25, 0.3) is 0 Å². The molecule has 1 N–H and O–H groups in total. The number of halogens is 1. The predicted octanol–water partition coefficient (Wildman–Crippen LogP) is 5.12. The lowest BCUT2D eigenvalue weighted by atomic mass is 9.97. The van der Waals surface area contributed by atoms with Crippen LogP contribution < -0.4 is 5.32 Å². The molecule has 7 heteroatoms. The van der Waals surface area contributed by atoms with Crippen molar-refractivity contribution in [3.63, 3.8) is 0 Å². The van der Waals surface area contributed by atoms with E-state index in [9.17, 15) is 4.39 Å². The summed E-state index contributed by atoms with van der Waals surface area (Å²) in [5.41, 5.74) is 5.29. The molecule has 0 amide bonds. The highest BCUT2D eigenvalue weighted by Crippen LogP contribution is 2.32. The molecule has 0 saturated carbocycles. The molecular weight excluding hydrogens is 403 g/mol. The molecule has 0 aliphatic carbocycles. The zero-order chi connectivity index (χ0) is 22.9. The number of imidazole rings is 1. The number of fused-ring (bicyclic) bond motifs is 1. The van der Waals surface area contributed by atoms with Gasteiger partial charge in [0.05, 0.1) is 17.1 Å². The minimum atomic E-state index is -0.275. The molecule has 4 aromatic rings. The van der Waals surface area contributed by atoms with Crippen LogP contribution in [0.5, 0.6) is 0 Å². The lowest BCUT2D eigenvalue weighted by Crippen LogP contribution is -2.20. The minimum Gasteiger partial charge on any atom is -0.354 e. The van der Waals surface area contributed by atoms with Gasteiger partial charge in [0, 0.05) is 31.0 Å². The molecule has 0 saturated heterocycles. The largest absolute Gasteiger partial charge is 0.354 e. The van der Waals surface area contributed by atoms with E-state index in [4.69, 9.17) is 9.97 Å². The topological polar surface area (TPSA) is 58.4 Å². The summed E-state index contributed by atoms with van der Waals surface area (Å²) in [5.74, 6) is 0.296. The van der Waals surface area contributed by atoms with E-state index < -0.39 is 0 Å². The van der Waals surface area contributed by atoms with Crippen LogP contribution >= 0.6 is 0 Å². The van der Waals surface area contributed by atoms with Crippen LogP contribution in [0.2, 0.25) is 0 Å². The van der Waals surface area contributed by atoms with Crippen molar-refractivity contribution >= 4 is 11.6 Å². The van der Waals surface area contributed by atoms with Crippen molar-refractivity contribution in [2.24, 2.45) is 5.41 Å². The van der Waals surface area contributed by atoms with E-state index in [1.54, 1.807) is 18.3 Å². The van der Waals surface area contributed by atoms with Crippen LogP contribution in [-0.4, -0.2) is 44.9 Å². The average Bonchev–Trinajstić information content (AvgIpc) is 3.11. The van der Waals surface area contributed by atoms with Gasteiger partial charge >= 0.3 is 0 Å². The van der Waals surface area contributed by atoms with Crippen molar-refractivity contribution in [1.29, 1.82) is 0 Å². The summed E-state index contributed by atoms with van der Waals surface area (Å²) in [6.45, 7) is 8.05. The number of nitrogens with zero attached hydrogens (tertiary/aromatic N) is 5. The number of hydrogen-bond acceptors (Lipinski definition) is 5. The summed E-state index contributed by atoms with van der Waals surface area (Å²) in [6.07, 6.45) is 3.77. The van der Waals surface area contributed by atoms with Gasteiger partial charge in [-0.15, -0.1) is 0 Å². The molecule has 32 heavy (non-hydrogen) atoms. The van der Waals surface area contributed by atoms with E-state index in [-0.39, 0.29) is 11.2 Å². The maximum absolute atomic E-state index is 13.6. The lowest BCUT2D eigenvalue weighted by Gasteiger charge is -2.18. The molecule has 166 valence electrons. The summed E-state index contributed by atoms with van der Waals surface area (Å²) in [7, 11) is 4.08. The second-order valence-electron chi connectivity index (χ2n) is 9.50. The van der Waals surface area contributed by atoms with Crippen LogP contribution in [0.4, 0.5) is 10.3 Å². The first-order valence-corrected chi connectivity index (χ1v) is 10.7. The van der Waals surface area contributed by atoms with Crippen molar-refractivity contribution in [2.75, 3.05) is 26.0 Å². The molecule has 1 aromatic carbocycles. The maximum atomic E-state index is 13.6. The first-order valence-electron chi connectivity index (χ1n) is 10.7. The number of anilines is 1. The zero-order valence-electron chi connectivity index (χ0n) is 19.2. The molecule has 0 atom stereocenters. The average molecular weight is 433 g/mol. The SMILES string of the molecule is CN(C)Cc1ccn2c(-c3ccnc(NCC(C)(C)C)n3)c(-c3ccc(F)cc3)nc2c1. The molecule has 0 aliphatic rings. The highest BCUT2D eigenvalue weighted by molar-refractivity contribution is 5.80. The second kappa shape index (κ2) is 8.67. The number of aromatic nitrogens is 4. The molecule has 3 aromatic heterocycles. The summed E-state index contributed by atoms with van der Waals surface area (Å²) in [5, 5.41) is 3.33. The van der Waals surface area contributed by atoms with E-state index in [1.165, 1.54) is 17.7 Å². The van der Waals surface area contributed by atoms with Crippen molar-refractivity contribution in [3.05, 3.63) is 66.2 Å². The fourth-order valence-corrected chi connectivity index (χ4v) is 3.52. The van der Waals surface area contributed by atoms with Crippen molar-refractivity contribution in [3.8, 4) is 22.6 Å². The monoisotopic (exact) mass is 432 g/mol. The van der Waals surface area contributed by atoms with E-state index in [2.05, 4.69) is 48.1 Å². The van der Waals surface area contributed by atoms with Gasteiger partial charge in [0.2, 0.25) is 5.95 Å². The lowest BCUT2D eigenvalue weighted by molar-refractivity contribution is 0.402. The molecule has 0 unspecified atom stereocenters. The van der Waals surface area contributed by atoms with Crippen LogP contribution in [0.15, 0.2) is 54.9 Å². The Morgan fingerprint density at radius 3 is 2.47 bits per heavy atom. The van der Waals surface area contributed by atoms with E-state index in [0.29, 0.717) is 5.95 Å². The number of pyridine rings is 1. The maximum Gasteiger partial charge on any atom is 0.223 e. The molecule has 4 rings (SSSR count). The quantitative estimate of drug-likeness (QED) is 0.458. The van der Waals surface area contributed by atoms with Gasteiger partial charge in [-0.1, -0.05) is 20.8 Å². The molecular formula is C25H29FN6. The molecule has 0 radical (unpaired) electrons. The third-order valence-electron chi connectivity index (χ3n) is 4.98. The van der Waals surface area contributed by atoms with Gasteiger partial charge in [-0.25, -0.2) is 19.3 Å². The smallest absolute Gasteiger partial charge is 0.223 e. The van der Waals surface area contributed by atoms with Crippen molar-refractivity contribution in [2.45, 2.75) is 27.3 Å². The highest BCUT2D eigenvalue weighted by atomic mass is 19.1. The molecule has 0 bridgehead atoms. The Balaban J connectivity index is 1.85. The van der Waals surface area contributed by atoms with Crippen LogP contribution in [0.1, 0.15) is 26.3 Å². The highest BCUT2D eigenvalue weighted by Gasteiger charge is 2.19. The van der Waals surface area contributed by atoms with Gasteiger partial charge in [-0.3, -0.25) is 4.40 Å². The molecule has 0 spiro atoms. The second-order valence-corrected chi connectivity index (χ2v) is 9.50. The standard InChI is InChI=1S/C25H29FN6/c1-25(2,3)16-28-24-27-12-10-20(29-24)23-22(18-6-8-19(26)9-7-18)30-21-14-17(15-31(4)5)11-13-32(21)23/h6-14H,15-16H2,1-5H3,(H,27,28,29). The van der Waals surface area contributed by atoms with Crippen molar-refractivity contribution in [1.82, 2.24) is 24.3 Å². The van der Waals surface area contributed by atoms with Crippen LogP contribution in [0.25, 0.3) is 28.3 Å². The van der Waals surface area contributed by atoms with Crippen LogP contribution in [-0.2, 0) is 6.54 Å². The zero-order valence-corrected chi connectivity index (χ0v) is 19.2. The van der Waals surface area contributed by atoms with E-state index in [1.807, 2.05) is 30.8 Å². The third kappa shape index (κ3) is 4.94. The summed E-state index contributed by atoms with van der Waals surface area (Å²) in [4.78, 5) is 16.2. The first-order chi connectivity index (χ1) is 15.2. The normalized spacial score (nSPS) is 12.0. The summed E-state index contributed by atoms with van der Waals surface area (Å²) < 4.78 is 15.6. The molecule has 0 aliphatic heterocycles. The Morgan fingerprint density at radius 1 is 1.03 bits per heavy atom. The number of rotatable bonds is 6. The minimum absolute atomic E-state index is 0.102. The van der Waals surface area contributed by atoms with Gasteiger partial charge in [-0.05, 0) is 67.5 Å². The number of hydrogen-bond donors (Lipinski definition) is 1. The summed E-state index contributed by atoms with van der Waals surface area (Å²) >= 11 is 0. The Bertz CT molecular complexity index is 1220. The molecule has 0 fully saturated rings. The Kier molecular flexibility index (Phi) is 5.93. The van der Waals surface area contributed by atoms with Gasteiger partial charge in [0.1, 0.15) is 11.5 Å². The summed E-state index contributed by atoms with van der Waals surface area (Å²) in [6, 6.07) is 12.5. The molecule has 3 heterocycles. The van der Waals surface area contributed by atoms with Crippen LogP contribution in [0.3, 0.4) is 0 Å². The fraction of sp³-hybridized carbons (Fsp3) is 0.320. The van der Waals surface area contributed by atoms with E-state index in [0.717, 1.165) is 41.4 Å². The predicted molar refractivity (Wildman–Crippen MR) is 127 cm³/mol. The number of benzene rings is 1. The fourth-order valence-electron chi connectivity index (χ4n) is 3.52. The first kappa shape index (κ1) is 21.9. The number of nitrogens with one attached hydrogen (secondary N) is 1. The van der Waals surface area contributed by atoms with Gasteiger partial charge < -0.3 is 10.2 Å². The molecule has 6 nitrogen and oxygen atoms in total. The van der Waals surface area contributed by atoms with Gasteiger partial charge in [-0.2, -0.15) is 0 Å². The Morgan fingerprint density at radius 2 is 1.78 bits per heavy atom. The van der Waals surface area contributed by atoms with Gasteiger partial charge in [0.15, 0.2) is 0 Å². The van der Waals surface area contributed by atoms with Crippen molar-refractivity contribution < 1.29 is 4.39 Å². The van der Waals surface area contributed by atoms with Crippen LogP contribution in [0, 0.1) is 11.2 Å². The van der Waals surface area contributed by atoms with E-state index >= 15 is 0 Å².